The van der Waals surface area contributed by atoms with Gasteiger partial charge < -0.3 is 15.0 Å². The van der Waals surface area contributed by atoms with Crippen LogP contribution in [0.1, 0.15) is 58.6 Å². The Morgan fingerprint density at radius 1 is 1.18 bits per heavy atom. The number of amides is 2. The van der Waals surface area contributed by atoms with Crippen LogP contribution in [0, 0.1) is 0 Å². The number of rotatable bonds is 10. The van der Waals surface area contributed by atoms with Gasteiger partial charge in [0.05, 0.1) is 4.47 Å². The van der Waals surface area contributed by atoms with Gasteiger partial charge in [0.1, 0.15) is 11.8 Å². The first-order chi connectivity index (χ1) is 15.5. The van der Waals surface area contributed by atoms with Crippen molar-refractivity contribution in [2.24, 2.45) is 0 Å². The fraction of sp³-hybridized carbons (Fsp3) is 0.462. The van der Waals surface area contributed by atoms with Gasteiger partial charge in [0.15, 0.2) is 6.61 Å². The van der Waals surface area contributed by atoms with E-state index in [9.17, 15) is 9.59 Å². The number of hydrogen-bond acceptors (Lipinski definition) is 3. The largest absolute Gasteiger partial charge is 0.483 e. The fourth-order valence-corrected chi connectivity index (χ4v) is 3.96. The Labute approximate surface area is 211 Å². The molecule has 0 radical (unpaired) electrons. The number of nitrogens with zero attached hydrogens (tertiary/aromatic N) is 1. The molecule has 5 nitrogen and oxygen atoms in total. The van der Waals surface area contributed by atoms with Crippen LogP contribution in [0.25, 0.3) is 0 Å². The molecule has 0 aliphatic carbocycles. The van der Waals surface area contributed by atoms with Gasteiger partial charge in [0.2, 0.25) is 5.91 Å². The number of carbonyl (C=O) groups excluding carboxylic acids is 2. The lowest BCUT2D eigenvalue weighted by molar-refractivity contribution is -0.142. The lowest BCUT2D eigenvalue weighted by atomic mass is 9.87. The van der Waals surface area contributed by atoms with E-state index in [0.717, 1.165) is 28.4 Å². The summed E-state index contributed by atoms with van der Waals surface area (Å²) in [7, 11) is 0. The summed E-state index contributed by atoms with van der Waals surface area (Å²) < 4.78 is 6.63. The monoisotopic (exact) mass is 536 g/mol. The van der Waals surface area contributed by atoms with E-state index < -0.39 is 6.04 Å². The standard InChI is InChI=1S/C26H34BrClN2O3/c1-6-7-13-29-25(32)18(2)30(16-19-9-8-10-21(28)14-19)24(31)17-33-23-12-11-20(15-22(23)27)26(3,4)5/h8-12,14-15,18H,6-7,13,16-17H2,1-5H3,(H,29,32). The number of ether oxygens (including phenoxy) is 1. The van der Waals surface area contributed by atoms with Crippen molar-refractivity contribution in [3.8, 4) is 5.75 Å². The second-order valence-electron chi connectivity index (χ2n) is 9.16. The topological polar surface area (TPSA) is 58.6 Å². The van der Waals surface area contributed by atoms with Crippen LogP contribution in [-0.2, 0) is 21.5 Å². The molecule has 0 fully saturated rings. The van der Waals surface area contributed by atoms with E-state index in [4.69, 9.17) is 16.3 Å². The number of nitrogens with one attached hydrogen (secondary N) is 1. The van der Waals surface area contributed by atoms with Gasteiger partial charge in [-0.3, -0.25) is 9.59 Å². The molecule has 2 rings (SSSR count). The maximum absolute atomic E-state index is 13.2. The normalized spacial score (nSPS) is 12.2. The Kier molecular flexibility index (Phi) is 10.2. The smallest absolute Gasteiger partial charge is 0.261 e. The Morgan fingerprint density at radius 3 is 2.52 bits per heavy atom. The van der Waals surface area contributed by atoms with Gasteiger partial charge in [-0.25, -0.2) is 0 Å². The summed E-state index contributed by atoms with van der Waals surface area (Å²) in [5.74, 6) is 0.119. The van der Waals surface area contributed by atoms with Gasteiger partial charge in [0.25, 0.3) is 5.91 Å². The molecule has 2 amide bonds. The maximum Gasteiger partial charge on any atom is 0.261 e. The lowest BCUT2D eigenvalue weighted by Gasteiger charge is -2.29. The summed E-state index contributed by atoms with van der Waals surface area (Å²) in [5.41, 5.74) is 2.01. The van der Waals surface area contributed by atoms with E-state index in [-0.39, 0.29) is 30.4 Å². The minimum absolute atomic E-state index is 0.00515. The first kappa shape index (κ1) is 27.2. The molecule has 1 N–H and O–H groups in total. The van der Waals surface area contributed by atoms with Gasteiger partial charge in [-0.1, -0.05) is 63.9 Å². The summed E-state index contributed by atoms with van der Waals surface area (Å²) >= 11 is 9.67. The maximum atomic E-state index is 13.2. The molecule has 1 atom stereocenters. The molecule has 0 bridgehead atoms. The van der Waals surface area contributed by atoms with Crippen LogP contribution in [0.15, 0.2) is 46.9 Å². The summed E-state index contributed by atoms with van der Waals surface area (Å²) in [5, 5.41) is 3.49. The molecule has 0 aliphatic rings. The van der Waals surface area contributed by atoms with Crippen molar-refractivity contribution < 1.29 is 14.3 Å². The summed E-state index contributed by atoms with van der Waals surface area (Å²) in [6.07, 6.45) is 1.87. The highest BCUT2D eigenvalue weighted by Crippen LogP contribution is 2.31. The quantitative estimate of drug-likeness (QED) is 0.372. The molecule has 0 spiro atoms. The van der Waals surface area contributed by atoms with E-state index in [1.54, 1.807) is 19.1 Å². The predicted molar refractivity (Wildman–Crippen MR) is 138 cm³/mol. The van der Waals surface area contributed by atoms with Crippen LogP contribution in [0.3, 0.4) is 0 Å². The number of halogens is 2. The average Bonchev–Trinajstić information content (AvgIpc) is 2.75. The number of unbranched alkanes of at least 4 members (excludes halogenated alkanes) is 1. The van der Waals surface area contributed by atoms with Gasteiger partial charge in [-0.2, -0.15) is 0 Å². The van der Waals surface area contributed by atoms with Gasteiger partial charge in [0, 0.05) is 18.1 Å². The molecule has 33 heavy (non-hydrogen) atoms. The van der Waals surface area contributed by atoms with Gasteiger partial charge >= 0.3 is 0 Å². The van der Waals surface area contributed by atoms with Crippen molar-refractivity contribution in [3.63, 3.8) is 0 Å². The van der Waals surface area contributed by atoms with Gasteiger partial charge in [-0.05, 0) is 70.1 Å². The zero-order valence-electron chi connectivity index (χ0n) is 20.1. The molecule has 0 saturated heterocycles. The molecular weight excluding hydrogens is 504 g/mol. The Morgan fingerprint density at radius 2 is 1.91 bits per heavy atom. The molecular formula is C26H34BrClN2O3. The molecule has 2 aromatic rings. The average molecular weight is 538 g/mol. The van der Waals surface area contributed by atoms with Crippen molar-refractivity contribution in [1.29, 1.82) is 0 Å². The SMILES string of the molecule is CCCCNC(=O)C(C)N(Cc1cccc(Cl)c1)C(=O)COc1ccc(C(C)(C)C)cc1Br. The molecule has 0 aliphatic heterocycles. The van der Waals surface area contributed by atoms with Crippen molar-refractivity contribution in [1.82, 2.24) is 10.2 Å². The summed E-state index contributed by atoms with van der Waals surface area (Å²) in [6, 6.07) is 12.5. The fourth-order valence-electron chi connectivity index (χ4n) is 3.26. The Bertz CT molecular complexity index is 959. The highest BCUT2D eigenvalue weighted by atomic mass is 79.9. The highest BCUT2D eigenvalue weighted by molar-refractivity contribution is 9.10. The van der Waals surface area contributed by atoms with Crippen LogP contribution >= 0.6 is 27.5 Å². The van der Waals surface area contributed by atoms with E-state index in [1.165, 1.54) is 4.90 Å². The van der Waals surface area contributed by atoms with E-state index >= 15 is 0 Å². The van der Waals surface area contributed by atoms with Crippen molar-refractivity contribution in [2.45, 2.75) is 65.5 Å². The van der Waals surface area contributed by atoms with Crippen molar-refractivity contribution in [2.75, 3.05) is 13.2 Å². The Hall–Kier alpha value is -2.05. The Balaban J connectivity index is 2.16. The second kappa shape index (κ2) is 12.4. The van der Waals surface area contributed by atoms with E-state index in [2.05, 4.69) is 48.9 Å². The third-order valence-electron chi connectivity index (χ3n) is 5.39. The summed E-state index contributed by atoms with van der Waals surface area (Å²) in [6.45, 7) is 10.9. The minimum atomic E-state index is -0.649. The number of hydrogen-bond donors (Lipinski definition) is 1. The van der Waals surface area contributed by atoms with Crippen molar-refractivity contribution in [3.05, 3.63) is 63.1 Å². The van der Waals surface area contributed by atoms with Crippen LogP contribution in [-0.4, -0.2) is 35.9 Å². The molecule has 180 valence electrons. The minimum Gasteiger partial charge on any atom is -0.483 e. The van der Waals surface area contributed by atoms with Crippen molar-refractivity contribution >= 4 is 39.3 Å². The van der Waals surface area contributed by atoms with Crippen LogP contribution in [0.5, 0.6) is 5.75 Å². The molecule has 7 heteroatoms. The van der Waals surface area contributed by atoms with E-state index in [1.807, 2.05) is 30.3 Å². The van der Waals surface area contributed by atoms with Crippen LogP contribution in [0.2, 0.25) is 5.02 Å². The lowest BCUT2D eigenvalue weighted by Crippen LogP contribution is -2.49. The highest BCUT2D eigenvalue weighted by Gasteiger charge is 2.26. The number of benzene rings is 2. The molecule has 0 heterocycles. The third-order valence-corrected chi connectivity index (χ3v) is 6.24. The second-order valence-corrected chi connectivity index (χ2v) is 10.4. The number of carbonyl (C=O) groups is 2. The van der Waals surface area contributed by atoms with Crippen LogP contribution in [0.4, 0.5) is 0 Å². The zero-order chi connectivity index (χ0) is 24.6. The molecule has 0 saturated carbocycles. The van der Waals surface area contributed by atoms with E-state index in [0.29, 0.717) is 17.3 Å². The first-order valence-corrected chi connectivity index (χ1v) is 12.4. The first-order valence-electron chi connectivity index (χ1n) is 11.3. The third kappa shape index (κ3) is 8.35. The molecule has 1 unspecified atom stereocenters. The molecule has 2 aromatic carbocycles. The predicted octanol–water partition coefficient (Wildman–Crippen LogP) is 6.11. The summed E-state index contributed by atoms with van der Waals surface area (Å²) in [4.78, 5) is 27.4. The van der Waals surface area contributed by atoms with Gasteiger partial charge in [-0.15, -0.1) is 0 Å². The van der Waals surface area contributed by atoms with Crippen LogP contribution < -0.4 is 10.1 Å². The molecule has 0 aromatic heterocycles. The zero-order valence-corrected chi connectivity index (χ0v) is 22.4.